The van der Waals surface area contributed by atoms with Crippen LogP contribution in [-0.2, 0) is 10.0 Å². The fourth-order valence-corrected chi connectivity index (χ4v) is 3.19. The van der Waals surface area contributed by atoms with Crippen molar-refractivity contribution in [2.24, 2.45) is 0 Å². The largest absolute Gasteiger partial charge is 0.394 e. The number of benzene rings is 2. The van der Waals surface area contributed by atoms with Gasteiger partial charge >= 0.3 is 0 Å². The molecule has 0 spiro atoms. The fraction of sp³-hybridized carbons (Fsp3) is 0.188. The first-order chi connectivity index (χ1) is 11.3. The second-order valence-corrected chi connectivity index (χ2v) is 7.79. The van der Waals surface area contributed by atoms with Crippen molar-refractivity contribution >= 4 is 37.5 Å². The van der Waals surface area contributed by atoms with E-state index in [1.165, 1.54) is 36.4 Å². The Balaban J connectivity index is 2.11. The average molecular weight is 413 g/mol. The summed E-state index contributed by atoms with van der Waals surface area (Å²) in [6.07, 6.45) is 0. The number of nitrogens with one attached hydrogen (secondary N) is 2. The van der Waals surface area contributed by atoms with Crippen LogP contribution in [0, 0.1) is 0 Å². The number of aliphatic hydroxyl groups excluding tert-OH is 1. The molecule has 2 aromatic carbocycles. The maximum absolute atomic E-state index is 12.3. The summed E-state index contributed by atoms with van der Waals surface area (Å²) in [4.78, 5) is 12.0. The van der Waals surface area contributed by atoms with Gasteiger partial charge in [0.15, 0.2) is 0 Å². The Labute approximate surface area is 149 Å². The third-order valence-electron chi connectivity index (χ3n) is 3.17. The van der Waals surface area contributed by atoms with Crippen LogP contribution >= 0.6 is 15.9 Å². The van der Waals surface area contributed by atoms with E-state index in [0.29, 0.717) is 11.3 Å². The summed E-state index contributed by atoms with van der Waals surface area (Å²) in [5.41, 5.74) is 0.728. The molecule has 0 saturated carbocycles. The van der Waals surface area contributed by atoms with Crippen molar-refractivity contribution in [1.82, 2.24) is 5.32 Å². The number of hydrogen-bond acceptors (Lipinski definition) is 4. The highest BCUT2D eigenvalue weighted by molar-refractivity contribution is 9.10. The Bertz CT molecular complexity index is 805. The van der Waals surface area contributed by atoms with Gasteiger partial charge in [-0.05, 0) is 55.5 Å². The van der Waals surface area contributed by atoms with Crippen LogP contribution in [-0.4, -0.2) is 32.1 Å². The van der Waals surface area contributed by atoms with E-state index in [1.807, 2.05) is 0 Å². The zero-order chi connectivity index (χ0) is 17.7. The lowest BCUT2D eigenvalue weighted by atomic mass is 10.2. The Kier molecular flexibility index (Phi) is 5.98. The van der Waals surface area contributed by atoms with E-state index >= 15 is 0 Å². The molecule has 0 saturated heterocycles. The monoisotopic (exact) mass is 412 g/mol. The van der Waals surface area contributed by atoms with Gasteiger partial charge in [0, 0.05) is 21.8 Å². The lowest BCUT2D eigenvalue weighted by Gasteiger charge is -2.12. The Morgan fingerprint density at radius 1 is 1.12 bits per heavy atom. The van der Waals surface area contributed by atoms with Crippen molar-refractivity contribution in [3.63, 3.8) is 0 Å². The van der Waals surface area contributed by atoms with Gasteiger partial charge in [0.1, 0.15) is 0 Å². The van der Waals surface area contributed by atoms with Crippen molar-refractivity contribution in [2.45, 2.75) is 17.9 Å². The number of carbonyl (C=O) groups excluding carboxylic acids is 1. The van der Waals surface area contributed by atoms with E-state index in [9.17, 15) is 13.2 Å². The molecule has 0 fully saturated rings. The summed E-state index contributed by atoms with van der Waals surface area (Å²) in [6.45, 7) is 1.52. The van der Waals surface area contributed by atoms with Gasteiger partial charge in [0.05, 0.1) is 11.5 Å². The summed E-state index contributed by atoms with van der Waals surface area (Å²) in [5.74, 6) is -0.334. The number of rotatable bonds is 6. The summed E-state index contributed by atoms with van der Waals surface area (Å²) >= 11 is 3.25. The molecule has 0 aliphatic rings. The number of halogens is 1. The molecule has 8 heteroatoms. The van der Waals surface area contributed by atoms with Crippen molar-refractivity contribution in [3.8, 4) is 0 Å². The predicted octanol–water partition coefficient (Wildman–Crippen LogP) is 2.36. The molecule has 24 heavy (non-hydrogen) atoms. The quantitative estimate of drug-likeness (QED) is 0.678. The molecule has 1 unspecified atom stereocenters. The van der Waals surface area contributed by atoms with E-state index in [2.05, 4.69) is 26.0 Å². The zero-order valence-electron chi connectivity index (χ0n) is 12.9. The first-order valence-electron chi connectivity index (χ1n) is 7.12. The van der Waals surface area contributed by atoms with E-state index in [4.69, 9.17) is 5.11 Å². The molecule has 1 amide bonds. The smallest absolute Gasteiger partial charge is 0.261 e. The van der Waals surface area contributed by atoms with Gasteiger partial charge in [-0.1, -0.05) is 15.9 Å². The second-order valence-electron chi connectivity index (χ2n) is 5.19. The summed E-state index contributed by atoms with van der Waals surface area (Å²) in [7, 11) is -3.69. The topological polar surface area (TPSA) is 95.5 Å². The first kappa shape index (κ1) is 18.4. The standard InChI is InChI=1S/C16H17BrN2O4S/c1-11(10-20)18-16(21)12-2-6-14(7-3-12)19-24(22,23)15-8-4-13(17)5-9-15/h2-9,11,19-20H,10H2,1H3,(H,18,21). The molecule has 3 N–H and O–H groups in total. The molecule has 6 nitrogen and oxygen atoms in total. The molecule has 0 bridgehead atoms. The zero-order valence-corrected chi connectivity index (χ0v) is 15.3. The van der Waals surface area contributed by atoms with E-state index in [-0.39, 0.29) is 23.5 Å². The molecule has 0 radical (unpaired) electrons. The molecule has 0 aliphatic carbocycles. The third-order valence-corrected chi connectivity index (χ3v) is 5.10. The Hall–Kier alpha value is -1.90. The van der Waals surface area contributed by atoms with Gasteiger partial charge in [-0.2, -0.15) is 0 Å². The number of aliphatic hydroxyl groups is 1. The fourth-order valence-electron chi connectivity index (χ4n) is 1.87. The highest BCUT2D eigenvalue weighted by Gasteiger charge is 2.14. The van der Waals surface area contributed by atoms with Crippen LogP contribution in [0.5, 0.6) is 0 Å². The highest BCUT2D eigenvalue weighted by atomic mass is 79.9. The van der Waals surface area contributed by atoms with Crippen molar-refractivity contribution in [3.05, 3.63) is 58.6 Å². The van der Waals surface area contributed by atoms with Crippen molar-refractivity contribution in [2.75, 3.05) is 11.3 Å². The van der Waals surface area contributed by atoms with Gasteiger partial charge in [-0.3, -0.25) is 9.52 Å². The van der Waals surface area contributed by atoms with Crippen molar-refractivity contribution in [1.29, 1.82) is 0 Å². The van der Waals surface area contributed by atoms with Gasteiger partial charge in [-0.25, -0.2) is 8.42 Å². The molecule has 128 valence electrons. The predicted molar refractivity (Wildman–Crippen MR) is 95.4 cm³/mol. The lowest BCUT2D eigenvalue weighted by Crippen LogP contribution is -2.34. The van der Waals surface area contributed by atoms with E-state index < -0.39 is 10.0 Å². The van der Waals surface area contributed by atoms with E-state index in [1.54, 1.807) is 19.1 Å². The summed E-state index contributed by atoms with van der Waals surface area (Å²) in [5, 5.41) is 11.5. The van der Waals surface area contributed by atoms with Gasteiger partial charge in [0.25, 0.3) is 15.9 Å². The van der Waals surface area contributed by atoms with Gasteiger partial charge in [-0.15, -0.1) is 0 Å². The van der Waals surface area contributed by atoms with Crippen LogP contribution in [0.4, 0.5) is 5.69 Å². The Morgan fingerprint density at radius 2 is 1.71 bits per heavy atom. The molecule has 0 aromatic heterocycles. The highest BCUT2D eigenvalue weighted by Crippen LogP contribution is 2.19. The normalized spacial score (nSPS) is 12.5. The number of carbonyl (C=O) groups is 1. The average Bonchev–Trinajstić information content (AvgIpc) is 2.55. The molecule has 2 rings (SSSR count). The summed E-state index contributed by atoms with van der Waals surface area (Å²) < 4.78 is 27.8. The molecule has 2 aromatic rings. The van der Waals surface area contributed by atoms with Crippen LogP contribution in [0.15, 0.2) is 57.9 Å². The molecular weight excluding hydrogens is 396 g/mol. The Morgan fingerprint density at radius 3 is 2.25 bits per heavy atom. The van der Waals surface area contributed by atoms with Gasteiger partial charge < -0.3 is 10.4 Å². The summed E-state index contributed by atoms with van der Waals surface area (Å²) in [6, 6.07) is 12.0. The first-order valence-corrected chi connectivity index (χ1v) is 9.39. The minimum atomic E-state index is -3.69. The molecule has 0 aliphatic heterocycles. The van der Waals surface area contributed by atoms with Crippen molar-refractivity contribution < 1.29 is 18.3 Å². The van der Waals surface area contributed by atoms with E-state index in [0.717, 1.165) is 4.47 Å². The molecule has 1 atom stereocenters. The van der Waals surface area contributed by atoms with Crippen LogP contribution in [0.2, 0.25) is 0 Å². The van der Waals surface area contributed by atoms with Crippen LogP contribution < -0.4 is 10.0 Å². The SMILES string of the molecule is CC(CO)NC(=O)c1ccc(NS(=O)(=O)c2ccc(Br)cc2)cc1. The lowest BCUT2D eigenvalue weighted by molar-refractivity contribution is 0.0922. The maximum atomic E-state index is 12.3. The second kappa shape index (κ2) is 7.78. The number of hydrogen-bond donors (Lipinski definition) is 3. The minimum Gasteiger partial charge on any atom is -0.394 e. The minimum absolute atomic E-state index is 0.143. The number of anilines is 1. The van der Waals surface area contributed by atoms with Crippen LogP contribution in [0.1, 0.15) is 17.3 Å². The number of sulfonamides is 1. The maximum Gasteiger partial charge on any atom is 0.261 e. The molecular formula is C16H17BrN2O4S. The van der Waals surface area contributed by atoms with Crippen LogP contribution in [0.3, 0.4) is 0 Å². The molecule has 0 heterocycles. The number of amides is 1. The third kappa shape index (κ3) is 4.80. The van der Waals surface area contributed by atoms with Gasteiger partial charge in [0.2, 0.25) is 0 Å². The van der Waals surface area contributed by atoms with Crippen LogP contribution in [0.25, 0.3) is 0 Å².